The van der Waals surface area contributed by atoms with Gasteiger partial charge in [-0.1, -0.05) is 6.92 Å². The van der Waals surface area contributed by atoms with E-state index in [0.29, 0.717) is 12.2 Å². The highest BCUT2D eigenvalue weighted by Crippen LogP contribution is 2.18. The number of rotatable bonds is 4. The van der Waals surface area contributed by atoms with Gasteiger partial charge in [-0.3, -0.25) is 4.79 Å². The maximum atomic E-state index is 11.0. The van der Waals surface area contributed by atoms with Crippen LogP contribution in [0.1, 0.15) is 29.8 Å². The number of hydrogen-bond donors (Lipinski definition) is 1. The van der Waals surface area contributed by atoms with E-state index in [1.165, 1.54) is 0 Å². The first kappa shape index (κ1) is 10.6. The summed E-state index contributed by atoms with van der Waals surface area (Å²) in [4.78, 5) is 11.0. The zero-order chi connectivity index (χ0) is 10.6. The van der Waals surface area contributed by atoms with Crippen LogP contribution < -0.4 is 10.5 Å². The molecule has 1 aromatic rings. The van der Waals surface area contributed by atoms with Crippen LogP contribution in [0, 0.1) is 0 Å². The third kappa shape index (κ3) is 2.25. The Labute approximate surface area is 83.9 Å². The van der Waals surface area contributed by atoms with Gasteiger partial charge in [0.15, 0.2) is 0 Å². The third-order valence-electron chi connectivity index (χ3n) is 2.03. The van der Waals surface area contributed by atoms with Crippen molar-refractivity contribution in [2.75, 3.05) is 6.61 Å². The lowest BCUT2D eigenvalue weighted by Crippen LogP contribution is -2.13. The first-order valence-electron chi connectivity index (χ1n) is 4.74. The van der Waals surface area contributed by atoms with Crippen LogP contribution in [0.25, 0.3) is 0 Å². The van der Waals surface area contributed by atoms with Crippen LogP contribution in [0.3, 0.4) is 0 Å². The molecule has 3 nitrogen and oxygen atoms in total. The molecular formula is C11H15NO2. The molecule has 14 heavy (non-hydrogen) atoms. The van der Waals surface area contributed by atoms with Crippen LogP contribution in [0.5, 0.6) is 5.75 Å². The van der Waals surface area contributed by atoms with Gasteiger partial charge in [0.1, 0.15) is 5.75 Å². The molecule has 0 spiro atoms. The third-order valence-corrected chi connectivity index (χ3v) is 2.03. The van der Waals surface area contributed by atoms with E-state index < -0.39 is 0 Å². The van der Waals surface area contributed by atoms with Gasteiger partial charge < -0.3 is 10.5 Å². The van der Waals surface area contributed by atoms with Gasteiger partial charge >= 0.3 is 0 Å². The molecule has 0 aliphatic rings. The molecule has 0 radical (unpaired) electrons. The van der Waals surface area contributed by atoms with E-state index >= 15 is 0 Å². The molecular weight excluding hydrogens is 178 g/mol. The van der Waals surface area contributed by atoms with Crippen molar-refractivity contribution in [1.29, 1.82) is 0 Å². The smallest absolute Gasteiger partial charge is 0.248 e. The number of carbonyl (C=O) groups is 1. The van der Waals surface area contributed by atoms with E-state index in [2.05, 4.69) is 0 Å². The standard InChI is InChI=1S/C11H15NO2/c1-3-8-7-9(14-4-2)5-6-10(8)11(12)13/h5-7H,3-4H2,1-2H3,(H2,12,13). The van der Waals surface area contributed by atoms with Gasteiger partial charge in [-0.25, -0.2) is 0 Å². The molecule has 1 aromatic carbocycles. The number of aryl methyl sites for hydroxylation is 1. The van der Waals surface area contributed by atoms with Crippen molar-refractivity contribution >= 4 is 5.91 Å². The minimum atomic E-state index is -0.384. The van der Waals surface area contributed by atoms with Crippen molar-refractivity contribution in [1.82, 2.24) is 0 Å². The molecule has 0 aliphatic heterocycles. The minimum Gasteiger partial charge on any atom is -0.494 e. The molecule has 2 N–H and O–H groups in total. The summed E-state index contributed by atoms with van der Waals surface area (Å²) in [5.74, 6) is 0.402. The number of ether oxygens (including phenoxy) is 1. The molecule has 0 aliphatic carbocycles. The molecule has 0 bridgehead atoms. The van der Waals surface area contributed by atoms with Crippen LogP contribution in [0.15, 0.2) is 18.2 Å². The van der Waals surface area contributed by atoms with Crippen molar-refractivity contribution < 1.29 is 9.53 Å². The Bertz CT molecular complexity index is 334. The molecule has 3 heteroatoms. The van der Waals surface area contributed by atoms with Gasteiger partial charge in [0.2, 0.25) is 5.91 Å². The summed E-state index contributed by atoms with van der Waals surface area (Å²) in [6, 6.07) is 5.35. The number of amides is 1. The highest BCUT2D eigenvalue weighted by Gasteiger charge is 2.07. The lowest BCUT2D eigenvalue weighted by atomic mass is 10.0. The van der Waals surface area contributed by atoms with Gasteiger partial charge in [0.05, 0.1) is 6.61 Å². The average molecular weight is 193 g/mol. The van der Waals surface area contributed by atoms with Gasteiger partial charge in [-0.2, -0.15) is 0 Å². The Kier molecular flexibility index (Phi) is 3.51. The summed E-state index contributed by atoms with van der Waals surface area (Å²) >= 11 is 0. The highest BCUT2D eigenvalue weighted by molar-refractivity contribution is 5.94. The van der Waals surface area contributed by atoms with Crippen molar-refractivity contribution in [2.24, 2.45) is 5.73 Å². The second-order valence-corrected chi connectivity index (χ2v) is 2.97. The predicted molar refractivity (Wildman–Crippen MR) is 55.5 cm³/mol. The zero-order valence-corrected chi connectivity index (χ0v) is 8.54. The molecule has 0 aromatic heterocycles. The molecule has 0 heterocycles. The Morgan fingerprint density at radius 3 is 2.64 bits per heavy atom. The monoisotopic (exact) mass is 193 g/mol. The first-order chi connectivity index (χ1) is 6.69. The molecule has 1 amide bonds. The molecule has 1 rings (SSSR count). The Balaban J connectivity index is 3.05. The first-order valence-corrected chi connectivity index (χ1v) is 4.74. The Morgan fingerprint density at radius 2 is 2.14 bits per heavy atom. The maximum absolute atomic E-state index is 11.0. The van der Waals surface area contributed by atoms with E-state index in [0.717, 1.165) is 17.7 Å². The maximum Gasteiger partial charge on any atom is 0.248 e. The topological polar surface area (TPSA) is 52.3 Å². The summed E-state index contributed by atoms with van der Waals surface area (Å²) in [5.41, 5.74) is 6.75. The van der Waals surface area contributed by atoms with Crippen LogP contribution in [-0.4, -0.2) is 12.5 Å². The number of benzene rings is 1. The van der Waals surface area contributed by atoms with Gasteiger partial charge in [-0.15, -0.1) is 0 Å². The number of primary amides is 1. The van der Waals surface area contributed by atoms with Crippen molar-refractivity contribution in [3.05, 3.63) is 29.3 Å². The zero-order valence-electron chi connectivity index (χ0n) is 8.54. The molecule has 0 atom stereocenters. The SMILES string of the molecule is CCOc1ccc(C(N)=O)c(CC)c1. The Morgan fingerprint density at radius 1 is 1.43 bits per heavy atom. The van der Waals surface area contributed by atoms with Gasteiger partial charge in [0.25, 0.3) is 0 Å². The van der Waals surface area contributed by atoms with E-state index in [4.69, 9.17) is 10.5 Å². The molecule has 76 valence electrons. The quantitative estimate of drug-likeness (QED) is 0.792. The van der Waals surface area contributed by atoms with E-state index in [1.54, 1.807) is 12.1 Å². The van der Waals surface area contributed by atoms with Crippen LogP contribution in [0.4, 0.5) is 0 Å². The fourth-order valence-corrected chi connectivity index (χ4v) is 1.36. The fourth-order valence-electron chi connectivity index (χ4n) is 1.36. The molecule has 0 fully saturated rings. The van der Waals surface area contributed by atoms with Crippen LogP contribution in [-0.2, 0) is 6.42 Å². The summed E-state index contributed by atoms with van der Waals surface area (Å²) in [6.07, 6.45) is 0.777. The summed E-state index contributed by atoms with van der Waals surface area (Å²) < 4.78 is 5.33. The summed E-state index contributed by atoms with van der Waals surface area (Å²) in [5, 5.41) is 0. The van der Waals surface area contributed by atoms with E-state index in [9.17, 15) is 4.79 Å². The highest BCUT2D eigenvalue weighted by atomic mass is 16.5. The number of hydrogen-bond acceptors (Lipinski definition) is 2. The predicted octanol–water partition coefficient (Wildman–Crippen LogP) is 1.75. The second-order valence-electron chi connectivity index (χ2n) is 2.97. The Hall–Kier alpha value is -1.51. The largest absolute Gasteiger partial charge is 0.494 e. The molecule has 0 saturated carbocycles. The van der Waals surface area contributed by atoms with E-state index in [1.807, 2.05) is 19.9 Å². The van der Waals surface area contributed by atoms with Crippen LogP contribution in [0.2, 0.25) is 0 Å². The number of nitrogens with two attached hydrogens (primary N) is 1. The average Bonchev–Trinajstić information content (AvgIpc) is 2.17. The normalized spacial score (nSPS) is 9.86. The van der Waals surface area contributed by atoms with Crippen LogP contribution >= 0.6 is 0 Å². The van der Waals surface area contributed by atoms with Gasteiger partial charge in [0, 0.05) is 5.56 Å². The van der Waals surface area contributed by atoms with Crippen molar-refractivity contribution in [2.45, 2.75) is 20.3 Å². The lowest BCUT2D eigenvalue weighted by molar-refractivity contribution is 0.0999. The summed E-state index contributed by atoms with van der Waals surface area (Å²) in [7, 11) is 0. The van der Waals surface area contributed by atoms with E-state index in [-0.39, 0.29) is 5.91 Å². The lowest BCUT2D eigenvalue weighted by Gasteiger charge is -2.08. The van der Waals surface area contributed by atoms with Crippen molar-refractivity contribution in [3.63, 3.8) is 0 Å². The minimum absolute atomic E-state index is 0.384. The molecule has 0 unspecified atom stereocenters. The fraction of sp³-hybridized carbons (Fsp3) is 0.364. The van der Waals surface area contributed by atoms with Crippen molar-refractivity contribution in [3.8, 4) is 5.75 Å². The number of carbonyl (C=O) groups excluding carboxylic acids is 1. The van der Waals surface area contributed by atoms with Gasteiger partial charge in [-0.05, 0) is 37.1 Å². The summed E-state index contributed by atoms with van der Waals surface area (Å²) in [6.45, 7) is 4.53. The molecule has 0 saturated heterocycles. The second kappa shape index (κ2) is 4.65.